The molecule has 1 atom stereocenters. The van der Waals surface area contributed by atoms with E-state index in [0.29, 0.717) is 16.4 Å². The van der Waals surface area contributed by atoms with E-state index in [9.17, 15) is 0 Å². The van der Waals surface area contributed by atoms with E-state index in [2.05, 4.69) is 16.4 Å². The number of fused-ring (bicyclic) bond motifs is 1. The zero-order valence-electron chi connectivity index (χ0n) is 10.7. The van der Waals surface area contributed by atoms with Gasteiger partial charge in [-0.3, -0.25) is 0 Å². The summed E-state index contributed by atoms with van der Waals surface area (Å²) in [5, 5.41) is 12.7. The Morgan fingerprint density at radius 2 is 2.25 bits per heavy atom. The van der Waals surface area contributed by atoms with Gasteiger partial charge in [-0.15, -0.1) is 0 Å². The number of aromatic nitrogens is 1. The first-order chi connectivity index (χ1) is 9.69. The van der Waals surface area contributed by atoms with Crippen molar-refractivity contribution >= 4 is 23.1 Å². The molecule has 1 heterocycles. The third-order valence-electron chi connectivity index (χ3n) is 3.57. The second-order valence-corrected chi connectivity index (χ2v) is 5.20. The van der Waals surface area contributed by atoms with Crippen molar-refractivity contribution in [3.63, 3.8) is 0 Å². The number of halogens is 1. The van der Waals surface area contributed by atoms with Gasteiger partial charge in [0.25, 0.3) is 0 Å². The smallest absolute Gasteiger partial charge is 0.146 e. The molecule has 1 aromatic carbocycles. The van der Waals surface area contributed by atoms with Crippen LogP contribution in [-0.2, 0) is 6.42 Å². The van der Waals surface area contributed by atoms with Gasteiger partial charge in [-0.25, -0.2) is 4.98 Å². The summed E-state index contributed by atoms with van der Waals surface area (Å²) in [4.78, 5) is 4.22. The molecule has 5 heteroatoms. The number of nitriles is 1. The third-order valence-corrected chi connectivity index (χ3v) is 3.95. The molecule has 0 aliphatic heterocycles. The molecular weight excluding hydrogens is 272 g/mol. The number of hydrogen-bond acceptors (Lipinski definition) is 4. The Morgan fingerprint density at radius 1 is 1.40 bits per heavy atom. The van der Waals surface area contributed by atoms with Gasteiger partial charge in [0.2, 0.25) is 0 Å². The summed E-state index contributed by atoms with van der Waals surface area (Å²) in [5.74, 6) is 0.556. The number of rotatable bonds is 2. The van der Waals surface area contributed by atoms with Gasteiger partial charge in [-0.2, -0.15) is 5.26 Å². The summed E-state index contributed by atoms with van der Waals surface area (Å²) >= 11 is 6.17. The fraction of sp³-hybridized carbons (Fsp3) is 0.200. The van der Waals surface area contributed by atoms with Crippen molar-refractivity contribution in [1.82, 2.24) is 4.98 Å². The second-order valence-electron chi connectivity index (χ2n) is 4.83. The van der Waals surface area contributed by atoms with Crippen molar-refractivity contribution in [3.05, 3.63) is 52.2 Å². The molecule has 4 nitrogen and oxygen atoms in total. The molecule has 1 unspecified atom stereocenters. The standard InChI is InChI=1S/C15H13ClN4/c16-14-10(8-17)5-6-19-15(14)20-13-4-1-9-7-11(18)2-3-12(9)13/h2-3,5-7,13H,1,4,18H2,(H,19,20). The van der Waals surface area contributed by atoms with Gasteiger partial charge in [-0.1, -0.05) is 17.7 Å². The SMILES string of the molecule is N#Cc1ccnc(NC2CCc3cc(N)ccc32)c1Cl. The molecule has 0 radical (unpaired) electrons. The lowest BCUT2D eigenvalue weighted by molar-refractivity contribution is 0.757. The summed E-state index contributed by atoms with van der Waals surface area (Å²) in [5.41, 5.74) is 9.50. The number of nitrogens with one attached hydrogen (secondary N) is 1. The molecule has 0 bridgehead atoms. The normalized spacial score (nSPS) is 16.5. The van der Waals surface area contributed by atoms with Gasteiger partial charge in [-0.05, 0) is 42.2 Å². The van der Waals surface area contributed by atoms with Crippen molar-refractivity contribution in [2.75, 3.05) is 11.1 Å². The molecule has 1 aromatic heterocycles. The van der Waals surface area contributed by atoms with E-state index in [1.54, 1.807) is 12.3 Å². The van der Waals surface area contributed by atoms with Gasteiger partial charge >= 0.3 is 0 Å². The van der Waals surface area contributed by atoms with Crippen molar-refractivity contribution in [3.8, 4) is 6.07 Å². The zero-order chi connectivity index (χ0) is 14.1. The van der Waals surface area contributed by atoms with E-state index < -0.39 is 0 Å². The highest BCUT2D eigenvalue weighted by Gasteiger charge is 2.23. The van der Waals surface area contributed by atoms with Gasteiger partial charge in [0.1, 0.15) is 16.9 Å². The highest BCUT2D eigenvalue weighted by Crippen LogP contribution is 2.36. The maximum atomic E-state index is 8.99. The Balaban J connectivity index is 1.90. The van der Waals surface area contributed by atoms with Crippen molar-refractivity contribution < 1.29 is 0 Å². The summed E-state index contributed by atoms with van der Waals surface area (Å²) in [6, 6.07) is 9.78. The van der Waals surface area contributed by atoms with Crippen LogP contribution in [0.15, 0.2) is 30.5 Å². The Kier molecular flexibility index (Phi) is 3.21. The summed E-state index contributed by atoms with van der Waals surface area (Å²) in [7, 11) is 0. The van der Waals surface area contributed by atoms with E-state index in [1.807, 2.05) is 18.2 Å². The maximum Gasteiger partial charge on any atom is 0.146 e. The highest BCUT2D eigenvalue weighted by atomic mass is 35.5. The van der Waals surface area contributed by atoms with Crippen LogP contribution in [0.1, 0.15) is 29.2 Å². The number of pyridine rings is 1. The quantitative estimate of drug-likeness (QED) is 0.830. The molecule has 0 saturated carbocycles. The van der Waals surface area contributed by atoms with Gasteiger partial charge < -0.3 is 11.1 Å². The molecule has 3 rings (SSSR count). The molecule has 1 aliphatic carbocycles. The summed E-state index contributed by atoms with van der Waals surface area (Å²) in [6.07, 6.45) is 3.53. The van der Waals surface area contributed by atoms with Crippen LogP contribution < -0.4 is 11.1 Å². The first kappa shape index (κ1) is 12.8. The Morgan fingerprint density at radius 3 is 3.05 bits per heavy atom. The summed E-state index contributed by atoms with van der Waals surface area (Å²) in [6.45, 7) is 0. The minimum atomic E-state index is 0.157. The second kappa shape index (κ2) is 5.03. The average molecular weight is 285 g/mol. The topological polar surface area (TPSA) is 74.7 Å². The van der Waals surface area contributed by atoms with Gasteiger partial charge in [0, 0.05) is 11.9 Å². The number of nitrogens with zero attached hydrogens (tertiary/aromatic N) is 2. The predicted molar refractivity (Wildman–Crippen MR) is 79.5 cm³/mol. The molecule has 2 aromatic rings. The van der Waals surface area contributed by atoms with Crippen molar-refractivity contribution in [2.24, 2.45) is 0 Å². The lowest BCUT2D eigenvalue weighted by atomic mass is 10.1. The summed E-state index contributed by atoms with van der Waals surface area (Å²) < 4.78 is 0. The van der Waals surface area contributed by atoms with Crippen LogP contribution in [0.25, 0.3) is 0 Å². The van der Waals surface area contributed by atoms with E-state index in [0.717, 1.165) is 18.5 Å². The van der Waals surface area contributed by atoms with Crippen LogP contribution in [-0.4, -0.2) is 4.98 Å². The molecule has 20 heavy (non-hydrogen) atoms. The number of nitrogen functional groups attached to an aromatic ring is 1. The molecular formula is C15H13ClN4. The fourth-order valence-corrected chi connectivity index (χ4v) is 2.79. The van der Waals surface area contributed by atoms with Gasteiger partial charge in [0.15, 0.2) is 0 Å². The van der Waals surface area contributed by atoms with Crippen LogP contribution >= 0.6 is 11.6 Å². The molecule has 1 aliphatic rings. The lowest BCUT2D eigenvalue weighted by Crippen LogP contribution is -2.09. The maximum absolute atomic E-state index is 8.99. The van der Waals surface area contributed by atoms with E-state index in [-0.39, 0.29) is 6.04 Å². The minimum Gasteiger partial charge on any atom is -0.399 e. The Labute approximate surface area is 122 Å². The largest absolute Gasteiger partial charge is 0.399 e. The predicted octanol–water partition coefficient (Wildman–Crippen LogP) is 3.29. The van der Waals surface area contributed by atoms with Crippen molar-refractivity contribution in [2.45, 2.75) is 18.9 Å². The first-order valence-corrected chi connectivity index (χ1v) is 6.76. The van der Waals surface area contributed by atoms with Crippen molar-refractivity contribution in [1.29, 1.82) is 5.26 Å². The molecule has 0 spiro atoms. The molecule has 0 amide bonds. The van der Waals surface area contributed by atoms with Crippen LogP contribution in [0, 0.1) is 11.3 Å². The molecule has 0 fully saturated rings. The number of aryl methyl sites for hydroxylation is 1. The van der Waals surface area contributed by atoms with Crippen LogP contribution in [0.4, 0.5) is 11.5 Å². The highest BCUT2D eigenvalue weighted by molar-refractivity contribution is 6.34. The fourth-order valence-electron chi connectivity index (χ4n) is 2.58. The zero-order valence-corrected chi connectivity index (χ0v) is 11.5. The number of nitrogens with two attached hydrogens (primary N) is 1. The lowest BCUT2D eigenvalue weighted by Gasteiger charge is -2.16. The van der Waals surface area contributed by atoms with Crippen LogP contribution in [0.5, 0.6) is 0 Å². The minimum absolute atomic E-state index is 0.157. The number of hydrogen-bond donors (Lipinski definition) is 2. The van der Waals surface area contributed by atoms with E-state index in [1.165, 1.54) is 11.1 Å². The third kappa shape index (κ3) is 2.17. The first-order valence-electron chi connectivity index (χ1n) is 6.38. The Hall–Kier alpha value is -2.25. The molecule has 3 N–H and O–H groups in total. The van der Waals surface area contributed by atoms with Gasteiger partial charge in [0.05, 0.1) is 11.6 Å². The monoisotopic (exact) mass is 284 g/mol. The van der Waals surface area contributed by atoms with Crippen LogP contribution in [0.3, 0.4) is 0 Å². The van der Waals surface area contributed by atoms with E-state index in [4.69, 9.17) is 22.6 Å². The molecule has 0 saturated heterocycles. The molecule has 100 valence electrons. The number of benzene rings is 1. The van der Waals surface area contributed by atoms with Crippen LogP contribution in [0.2, 0.25) is 5.02 Å². The number of anilines is 2. The van der Waals surface area contributed by atoms with E-state index >= 15 is 0 Å². The Bertz CT molecular complexity index is 706. The average Bonchev–Trinajstić information content (AvgIpc) is 2.83.